The molecule has 0 aliphatic carbocycles. The van der Waals surface area contributed by atoms with Crippen molar-refractivity contribution in [3.8, 4) is 0 Å². The molecule has 0 amide bonds. The van der Waals surface area contributed by atoms with Crippen LogP contribution in [0.25, 0.3) is 0 Å². The molecule has 1 heterocycles. The summed E-state index contributed by atoms with van der Waals surface area (Å²) in [4.78, 5) is 8.47. The predicted molar refractivity (Wildman–Crippen MR) is 65.8 cm³/mol. The van der Waals surface area contributed by atoms with E-state index in [4.69, 9.17) is 4.74 Å². The maximum atomic E-state index is 4.98. The fraction of sp³-hybridized carbons (Fsp3) is 0.636. The lowest BCUT2D eigenvalue weighted by molar-refractivity contribution is 0.194. The summed E-state index contributed by atoms with van der Waals surface area (Å²) in [6.45, 7) is 4.59. The van der Waals surface area contributed by atoms with Crippen molar-refractivity contribution in [2.24, 2.45) is 0 Å². The quantitative estimate of drug-likeness (QED) is 0.659. The van der Waals surface area contributed by atoms with Crippen molar-refractivity contribution in [2.45, 2.75) is 19.8 Å². The topological polar surface area (TPSA) is 59.1 Å². The van der Waals surface area contributed by atoms with E-state index in [2.05, 4.69) is 20.6 Å². The smallest absolute Gasteiger partial charge is 0.146 e. The standard InChI is InChI=1S/C11H20N4O/c1-3-13-10-8-12-9-11(15-10)14-6-4-5-7-16-2/h8-9H,3-7H2,1-2H3,(H2,13,14,15). The summed E-state index contributed by atoms with van der Waals surface area (Å²) >= 11 is 0. The van der Waals surface area contributed by atoms with Crippen molar-refractivity contribution in [1.29, 1.82) is 0 Å². The average molecular weight is 224 g/mol. The summed E-state index contributed by atoms with van der Waals surface area (Å²) < 4.78 is 4.98. The molecule has 16 heavy (non-hydrogen) atoms. The van der Waals surface area contributed by atoms with E-state index in [0.29, 0.717) is 0 Å². The van der Waals surface area contributed by atoms with Gasteiger partial charge in [-0.15, -0.1) is 0 Å². The molecular formula is C11H20N4O. The van der Waals surface area contributed by atoms with E-state index < -0.39 is 0 Å². The maximum absolute atomic E-state index is 4.98. The second-order valence-electron chi connectivity index (χ2n) is 3.45. The number of unbranched alkanes of at least 4 members (excludes halogenated alkanes) is 1. The Kier molecular flexibility index (Phi) is 6.25. The van der Waals surface area contributed by atoms with Gasteiger partial charge in [0.25, 0.3) is 0 Å². The highest BCUT2D eigenvalue weighted by Crippen LogP contribution is 2.06. The molecule has 0 bridgehead atoms. The van der Waals surface area contributed by atoms with Crippen LogP contribution in [0.1, 0.15) is 19.8 Å². The van der Waals surface area contributed by atoms with Crippen LogP contribution < -0.4 is 10.6 Å². The van der Waals surface area contributed by atoms with Crippen LogP contribution in [0, 0.1) is 0 Å². The summed E-state index contributed by atoms with van der Waals surface area (Å²) in [5.41, 5.74) is 0. The Morgan fingerprint density at radius 2 is 1.94 bits per heavy atom. The largest absolute Gasteiger partial charge is 0.385 e. The van der Waals surface area contributed by atoms with Crippen LogP contribution in [0.3, 0.4) is 0 Å². The van der Waals surface area contributed by atoms with Gasteiger partial charge in [0.2, 0.25) is 0 Å². The van der Waals surface area contributed by atoms with E-state index in [1.165, 1.54) is 0 Å². The molecule has 0 saturated heterocycles. The van der Waals surface area contributed by atoms with Gasteiger partial charge in [0.05, 0.1) is 12.4 Å². The first kappa shape index (κ1) is 12.7. The van der Waals surface area contributed by atoms with Gasteiger partial charge in [-0.25, -0.2) is 4.98 Å². The normalized spacial score (nSPS) is 10.1. The van der Waals surface area contributed by atoms with Crippen molar-refractivity contribution < 1.29 is 4.74 Å². The Morgan fingerprint density at radius 1 is 1.19 bits per heavy atom. The molecule has 1 aromatic rings. The summed E-state index contributed by atoms with van der Waals surface area (Å²) in [6, 6.07) is 0. The number of aromatic nitrogens is 2. The van der Waals surface area contributed by atoms with Crippen LogP contribution in [0.4, 0.5) is 11.6 Å². The minimum absolute atomic E-state index is 0.810. The molecule has 0 unspecified atom stereocenters. The lowest BCUT2D eigenvalue weighted by Crippen LogP contribution is -2.07. The third kappa shape index (κ3) is 4.93. The minimum Gasteiger partial charge on any atom is -0.385 e. The zero-order chi connectivity index (χ0) is 11.6. The summed E-state index contributed by atoms with van der Waals surface area (Å²) in [7, 11) is 1.72. The van der Waals surface area contributed by atoms with Crippen molar-refractivity contribution >= 4 is 11.6 Å². The monoisotopic (exact) mass is 224 g/mol. The summed E-state index contributed by atoms with van der Waals surface area (Å²) in [5, 5.41) is 6.36. The van der Waals surface area contributed by atoms with Crippen LogP contribution in [0.2, 0.25) is 0 Å². The molecule has 0 radical (unpaired) electrons. The fourth-order valence-electron chi connectivity index (χ4n) is 1.31. The first-order valence-electron chi connectivity index (χ1n) is 5.65. The Bertz CT molecular complexity index is 293. The number of nitrogens with zero attached hydrogens (tertiary/aromatic N) is 2. The average Bonchev–Trinajstić information content (AvgIpc) is 2.30. The fourth-order valence-corrected chi connectivity index (χ4v) is 1.31. The number of hydrogen-bond donors (Lipinski definition) is 2. The molecule has 0 aliphatic heterocycles. The van der Waals surface area contributed by atoms with Gasteiger partial charge in [-0.2, -0.15) is 0 Å². The highest BCUT2D eigenvalue weighted by molar-refractivity contribution is 5.41. The third-order valence-electron chi connectivity index (χ3n) is 2.07. The Hall–Kier alpha value is -1.36. The van der Waals surface area contributed by atoms with Crippen LogP contribution in [-0.4, -0.2) is 36.8 Å². The molecule has 0 aliphatic rings. The van der Waals surface area contributed by atoms with Gasteiger partial charge in [0.15, 0.2) is 0 Å². The van der Waals surface area contributed by atoms with Gasteiger partial charge >= 0.3 is 0 Å². The molecule has 0 saturated carbocycles. The van der Waals surface area contributed by atoms with E-state index in [1.54, 1.807) is 19.5 Å². The molecular weight excluding hydrogens is 204 g/mol. The summed E-state index contributed by atoms with van der Waals surface area (Å²) in [5.74, 6) is 1.63. The van der Waals surface area contributed by atoms with E-state index in [1.807, 2.05) is 6.92 Å². The van der Waals surface area contributed by atoms with Gasteiger partial charge in [-0.3, -0.25) is 4.98 Å². The lowest BCUT2D eigenvalue weighted by atomic mass is 10.3. The highest BCUT2D eigenvalue weighted by Gasteiger charge is 1.96. The van der Waals surface area contributed by atoms with Crippen molar-refractivity contribution in [2.75, 3.05) is 37.4 Å². The number of ether oxygens (including phenoxy) is 1. The lowest BCUT2D eigenvalue weighted by Gasteiger charge is -2.07. The zero-order valence-electron chi connectivity index (χ0n) is 9.99. The van der Waals surface area contributed by atoms with Gasteiger partial charge in [0.1, 0.15) is 11.6 Å². The molecule has 0 fully saturated rings. The predicted octanol–water partition coefficient (Wildman–Crippen LogP) is 1.75. The second kappa shape index (κ2) is 7.87. The maximum Gasteiger partial charge on any atom is 0.146 e. The zero-order valence-corrected chi connectivity index (χ0v) is 9.99. The summed E-state index contributed by atoms with van der Waals surface area (Å²) in [6.07, 6.45) is 5.58. The van der Waals surface area contributed by atoms with Gasteiger partial charge in [0, 0.05) is 26.8 Å². The molecule has 5 nitrogen and oxygen atoms in total. The molecule has 0 aromatic carbocycles. The first-order valence-corrected chi connectivity index (χ1v) is 5.65. The van der Waals surface area contributed by atoms with Crippen molar-refractivity contribution in [3.63, 3.8) is 0 Å². The third-order valence-corrected chi connectivity index (χ3v) is 2.07. The molecule has 2 N–H and O–H groups in total. The molecule has 1 aromatic heterocycles. The van der Waals surface area contributed by atoms with Crippen LogP contribution in [-0.2, 0) is 4.74 Å². The van der Waals surface area contributed by atoms with Crippen molar-refractivity contribution in [1.82, 2.24) is 9.97 Å². The molecule has 90 valence electrons. The number of nitrogens with one attached hydrogen (secondary N) is 2. The number of anilines is 2. The van der Waals surface area contributed by atoms with E-state index in [9.17, 15) is 0 Å². The first-order chi connectivity index (χ1) is 7.86. The molecule has 5 heteroatoms. The van der Waals surface area contributed by atoms with Crippen LogP contribution in [0.5, 0.6) is 0 Å². The molecule has 0 atom stereocenters. The van der Waals surface area contributed by atoms with Gasteiger partial charge in [-0.05, 0) is 19.8 Å². The SMILES string of the molecule is CCNc1cncc(NCCCCOC)n1. The number of hydrogen-bond acceptors (Lipinski definition) is 5. The Morgan fingerprint density at radius 3 is 2.62 bits per heavy atom. The second-order valence-corrected chi connectivity index (χ2v) is 3.45. The van der Waals surface area contributed by atoms with E-state index in [0.717, 1.165) is 44.2 Å². The minimum atomic E-state index is 0.810. The molecule has 1 rings (SSSR count). The van der Waals surface area contributed by atoms with Crippen molar-refractivity contribution in [3.05, 3.63) is 12.4 Å². The van der Waals surface area contributed by atoms with E-state index in [-0.39, 0.29) is 0 Å². The highest BCUT2D eigenvalue weighted by atomic mass is 16.5. The Labute approximate surface area is 96.6 Å². The number of methoxy groups -OCH3 is 1. The number of rotatable bonds is 8. The van der Waals surface area contributed by atoms with E-state index >= 15 is 0 Å². The van der Waals surface area contributed by atoms with Crippen LogP contribution in [0.15, 0.2) is 12.4 Å². The Balaban J connectivity index is 2.27. The molecule has 0 spiro atoms. The van der Waals surface area contributed by atoms with Crippen LogP contribution >= 0.6 is 0 Å². The van der Waals surface area contributed by atoms with Gasteiger partial charge < -0.3 is 15.4 Å². The van der Waals surface area contributed by atoms with Gasteiger partial charge in [-0.1, -0.05) is 0 Å².